The van der Waals surface area contributed by atoms with Crippen LogP contribution in [0.5, 0.6) is 0 Å². The van der Waals surface area contributed by atoms with E-state index in [2.05, 4.69) is 0 Å². The molecule has 4 nitrogen and oxygen atoms in total. The quantitative estimate of drug-likeness (QED) is 0.534. The maximum Gasteiger partial charge on any atom is 0.0916 e. The Kier molecular flexibility index (Phi) is 7.34. The normalized spacial score (nSPS) is 14.6. The van der Waals surface area contributed by atoms with Crippen molar-refractivity contribution >= 4 is 0 Å². The van der Waals surface area contributed by atoms with Gasteiger partial charge in [0.25, 0.3) is 0 Å². The molecule has 0 saturated heterocycles. The van der Waals surface area contributed by atoms with Crippen molar-refractivity contribution < 1.29 is 15.3 Å². The van der Waals surface area contributed by atoms with Crippen LogP contribution in [0.1, 0.15) is 35.0 Å². The SMILES string of the molecule is OC(CN(C[C@@H](O)c1ccccc1)C[C@H](O)c1ccccc1)c1ccccc1. The molecular formula is C24H27NO3. The summed E-state index contributed by atoms with van der Waals surface area (Å²) >= 11 is 0. The molecule has 0 aliphatic heterocycles. The Morgan fingerprint density at radius 2 is 0.714 bits per heavy atom. The van der Waals surface area contributed by atoms with E-state index in [4.69, 9.17) is 0 Å². The first kappa shape index (κ1) is 20.2. The van der Waals surface area contributed by atoms with E-state index in [1.807, 2.05) is 95.9 Å². The zero-order valence-electron chi connectivity index (χ0n) is 15.8. The van der Waals surface area contributed by atoms with E-state index < -0.39 is 18.3 Å². The molecule has 0 spiro atoms. The van der Waals surface area contributed by atoms with Gasteiger partial charge >= 0.3 is 0 Å². The number of hydrogen-bond acceptors (Lipinski definition) is 4. The number of rotatable bonds is 9. The number of aliphatic hydroxyl groups excluding tert-OH is 3. The third kappa shape index (κ3) is 5.75. The Morgan fingerprint density at radius 3 is 0.964 bits per heavy atom. The molecule has 146 valence electrons. The molecule has 3 aromatic rings. The molecule has 0 saturated carbocycles. The Balaban J connectivity index is 1.73. The second kappa shape index (κ2) is 10.2. The fourth-order valence-corrected chi connectivity index (χ4v) is 3.30. The lowest BCUT2D eigenvalue weighted by molar-refractivity contribution is 0.0370. The smallest absolute Gasteiger partial charge is 0.0916 e. The van der Waals surface area contributed by atoms with E-state index in [0.717, 1.165) is 16.7 Å². The van der Waals surface area contributed by atoms with Crippen LogP contribution < -0.4 is 0 Å². The van der Waals surface area contributed by atoms with Crippen LogP contribution in [0.4, 0.5) is 0 Å². The number of hydrogen-bond donors (Lipinski definition) is 3. The van der Waals surface area contributed by atoms with E-state index >= 15 is 0 Å². The predicted octanol–water partition coefficient (Wildman–Crippen LogP) is 3.49. The number of benzene rings is 3. The Morgan fingerprint density at radius 1 is 0.464 bits per heavy atom. The molecule has 3 rings (SSSR count). The van der Waals surface area contributed by atoms with Gasteiger partial charge in [0, 0.05) is 19.6 Å². The summed E-state index contributed by atoms with van der Waals surface area (Å²) in [6, 6.07) is 28.3. The summed E-state index contributed by atoms with van der Waals surface area (Å²) in [5, 5.41) is 32.0. The lowest BCUT2D eigenvalue weighted by Gasteiger charge is -2.29. The fourth-order valence-electron chi connectivity index (χ4n) is 3.30. The highest BCUT2D eigenvalue weighted by Crippen LogP contribution is 2.21. The molecule has 3 N–H and O–H groups in total. The Bertz CT molecular complexity index is 698. The summed E-state index contributed by atoms with van der Waals surface area (Å²) in [6.07, 6.45) is -2.11. The van der Waals surface area contributed by atoms with Gasteiger partial charge in [0.2, 0.25) is 0 Å². The molecule has 0 heterocycles. The number of nitrogens with zero attached hydrogens (tertiary/aromatic N) is 1. The van der Waals surface area contributed by atoms with Crippen molar-refractivity contribution in [2.45, 2.75) is 18.3 Å². The topological polar surface area (TPSA) is 63.9 Å². The van der Waals surface area contributed by atoms with Gasteiger partial charge in [0.05, 0.1) is 18.3 Å². The lowest BCUT2D eigenvalue weighted by atomic mass is 10.1. The van der Waals surface area contributed by atoms with Crippen molar-refractivity contribution in [2.75, 3.05) is 19.6 Å². The van der Waals surface area contributed by atoms with Crippen molar-refractivity contribution in [3.05, 3.63) is 108 Å². The van der Waals surface area contributed by atoms with Gasteiger partial charge in [-0.3, -0.25) is 4.90 Å². The van der Waals surface area contributed by atoms with E-state index in [9.17, 15) is 15.3 Å². The zero-order chi connectivity index (χ0) is 19.8. The molecule has 0 aliphatic rings. The van der Waals surface area contributed by atoms with Crippen molar-refractivity contribution in [1.82, 2.24) is 4.90 Å². The summed E-state index contributed by atoms with van der Waals surface area (Å²) in [7, 11) is 0. The third-order valence-corrected chi connectivity index (χ3v) is 4.85. The number of aliphatic hydroxyl groups is 3. The molecule has 4 heteroatoms. The fraction of sp³-hybridized carbons (Fsp3) is 0.250. The highest BCUT2D eigenvalue weighted by atomic mass is 16.3. The summed E-state index contributed by atoms with van der Waals surface area (Å²) in [5.74, 6) is 0. The monoisotopic (exact) mass is 377 g/mol. The van der Waals surface area contributed by atoms with Crippen molar-refractivity contribution in [1.29, 1.82) is 0 Å². The predicted molar refractivity (Wildman–Crippen MR) is 111 cm³/mol. The van der Waals surface area contributed by atoms with Crippen molar-refractivity contribution in [3.8, 4) is 0 Å². The molecule has 28 heavy (non-hydrogen) atoms. The largest absolute Gasteiger partial charge is 0.387 e. The average molecular weight is 377 g/mol. The van der Waals surface area contributed by atoms with Crippen LogP contribution in [-0.2, 0) is 0 Å². The van der Waals surface area contributed by atoms with Gasteiger partial charge in [-0.2, -0.15) is 0 Å². The van der Waals surface area contributed by atoms with E-state index in [1.54, 1.807) is 0 Å². The van der Waals surface area contributed by atoms with Gasteiger partial charge in [-0.05, 0) is 16.7 Å². The van der Waals surface area contributed by atoms with Crippen LogP contribution in [0.2, 0.25) is 0 Å². The van der Waals surface area contributed by atoms with Crippen LogP contribution in [0.3, 0.4) is 0 Å². The van der Waals surface area contributed by atoms with E-state index in [0.29, 0.717) is 19.6 Å². The minimum atomic E-state index is -0.702. The molecule has 0 amide bonds. The zero-order valence-corrected chi connectivity index (χ0v) is 15.8. The highest BCUT2D eigenvalue weighted by Gasteiger charge is 2.21. The first-order chi connectivity index (χ1) is 13.6. The first-order valence-corrected chi connectivity index (χ1v) is 9.55. The second-order valence-corrected chi connectivity index (χ2v) is 7.00. The summed E-state index contributed by atoms with van der Waals surface area (Å²) < 4.78 is 0. The van der Waals surface area contributed by atoms with Gasteiger partial charge in [-0.15, -0.1) is 0 Å². The Labute approximate surface area is 166 Å². The molecule has 3 atom stereocenters. The van der Waals surface area contributed by atoms with Gasteiger partial charge < -0.3 is 15.3 Å². The third-order valence-electron chi connectivity index (χ3n) is 4.85. The molecule has 0 fully saturated rings. The van der Waals surface area contributed by atoms with Gasteiger partial charge in [0.1, 0.15) is 0 Å². The lowest BCUT2D eigenvalue weighted by Crippen LogP contribution is -2.36. The molecule has 1 unspecified atom stereocenters. The summed E-state index contributed by atoms with van der Waals surface area (Å²) in [6.45, 7) is 0.952. The van der Waals surface area contributed by atoms with Crippen molar-refractivity contribution in [3.63, 3.8) is 0 Å². The molecule has 0 radical (unpaired) electrons. The maximum atomic E-state index is 10.7. The maximum absolute atomic E-state index is 10.7. The molecule has 0 aromatic heterocycles. The molecule has 0 bridgehead atoms. The van der Waals surface area contributed by atoms with Crippen LogP contribution in [0.25, 0.3) is 0 Å². The minimum absolute atomic E-state index is 0.317. The standard InChI is InChI=1S/C24H27NO3/c26-22(19-10-4-1-5-11-19)16-25(17-23(27)20-12-6-2-7-13-20)18-24(28)21-14-8-3-9-15-21/h1-15,22-24,26-28H,16-18H2/t22-,23+,24?. The van der Waals surface area contributed by atoms with E-state index in [1.165, 1.54) is 0 Å². The van der Waals surface area contributed by atoms with Gasteiger partial charge in [-0.1, -0.05) is 91.0 Å². The van der Waals surface area contributed by atoms with Gasteiger partial charge in [-0.25, -0.2) is 0 Å². The molecule has 3 aromatic carbocycles. The molecular weight excluding hydrogens is 350 g/mol. The summed E-state index contributed by atoms with van der Waals surface area (Å²) in [5.41, 5.74) is 2.45. The molecule has 0 aliphatic carbocycles. The highest BCUT2D eigenvalue weighted by molar-refractivity contribution is 5.20. The van der Waals surface area contributed by atoms with E-state index in [-0.39, 0.29) is 0 Å². The van der Waals surface area contributed by atoms with Gasteiger partial charge in [0.15, 0.2) is 0 Å². The van der Waals surface area contributed by atoms with Crippen LogP contribution in [-0.4, -0.2) is 39.9 Å². The van der Waals surface area contributed by atoms with Crippen LogP contribution >= 0.6 is 0 Å². The minimum Gasteiger partial charge on any atom is -0.387 e. The second-order valence-electron chi connectivity index (χ2n) is 7.00. The van der Waals surface area contributed by atoms with Crippen LogP contribution in [0, 0.1) is 0 Å². The van der Waals surface area contributed by atoms with Crippen molar-refractivity contribution in [2.24, 2.45) is 0 Å². The summed E-state index contributed by atoms with van der Waals surface area (Å²) in [4.78, 5) is 1.91. The van der Waals surface area contributed by atoms with Crippen LogP contribution in [0.15, 0.2) is 91.0 Å². The Hall–Kier alpha value is -2.50. The first-order valence-electron chi connectivity index (χ1n) is 9.55. The average Bonchev–Trinajstić information content (AvgIpc) is 2.75.